The van der Waals surface area contributed by atoms with Crippen molar-refractivity contribution in [3.63, 3.8) is 0 Å². The molecule has 0 bridgehead atoms. The summed E-state index contributed by atoms with van der Waals surface area (Å²) in [6.45, 7) is 0. The van der Waals surface area contributed by atoms with E-state index >= 15 is 0 Å². The zero-order chi connectivity index (χ0) is 8.55. The zero-order valence-corrected chi connectivity index (χ0v) is 6.80. The van der Waals surface area contributed by atoms with Crippen LogP contribution in [0.15, 0.2) is 12.4 Å². The molecule has 0 atom stereocenters. The first kappa shape index (κ1) is 7.00. The smallest absolute Gasteiger partial charge is 0.135 e. The Labute approximate surface area is 72.3 Å². The highest BCUT2D eigenvalue weighted by Gasteiger charge is 2.04. The normalized spacial score (nSPS) is 9.92. The molecule has 4 nitrogen and oxygen atoms in total. The zero-order valence-electron chi connectivity index (χ0n) is 5.98. The predicted molar refractivity (Wildman–Crippen MR) is 46.5 cm³/mol. The molecular weight excluding hydrogens is 172 g/mol. The van der Waals surface area contributed by atoms with E-state index in [0.717, 1.165) is 10.2 Å². The van der Waals surface area contributed by atoms with E-state index in [9.17, 15) is 0 Å². The molecule has 0 saturated carbocycles. The van der Waals surface area contributed by atoms with E-state index in [1.165, 1.54) is 17.7 Å². The van der Waals surface area contributed by atoms with Crippen LogP contribution in [-0.4, -0.2) is 9.97 Å². The monoisotopic (exact) mass is 176 g/mol. The van der Waals surface area contributed by atoms with Crippen LogP contribution in [0, 0.1) is 11.3 Å². The Morgan fingerprint density at radius 3 is 3.00 bits per heavy atom. The van der Waals surface area contributed by atoms with Gasteiger partial charge in [-0.25, -0.2) is 9.97 Å². The van der Waals surface area contributed by atoms with Gasteiger partial charge in [0.05, 0.1) is 5.39 Å². The van der Waals surface area contributed by atoms with Gasteiger partial charge in [-0.05, 0) is 6.07 Å². The first-order valence-corrected chi connectivity index (χ1v) is 4.03. The van der Waals surface area contributed by atoms with Gasteiger partial charge >= 0.3 is 0 Å². The molecule has 0 radical (unpaired) electrons. The van der Waals surface area contributed by atoms with Crippen molar-refractivity contribution in [2.24, 2.45) is 0 Å². The Bertz CT molecular complexity index is 468. The van der Waals surface area contributed by atoms with E-state index in [1.54, 1.807) is 6.07 Å². The molecule has 2 rings (SSSR count). The van der Waals surface area contributed by atoms with Crippen molar-refractivity contribution in [3.8, 4) is 6.07 Å². The van der Waals surface area contributed by atoms with Crippen molar-refractivity contribution in [1.29, 1.82) is 5.26 Å². The Morgan fingerprint density at radius 2 is 2.33 bits per heavy atom. The molecule has 0 amide bonds. The molecule has 0 fully saturated rings. The van der Waals surface area contributed by atoms with E-state index in [2.05, 4.69) is 9.97 Å². The largest absolute Gasteiger partial charge is 0.383 e. The van der Waals surface area contributed by atoms with Gasteiger partial charge in [0.1, 0.15) is 27.9 Å². The summed E-state index contributed by atoms with van der Waals surface area (Å²) in [5, 5.41) is 9.36. The van der Waals surface area contributed by atoms with Crippen molar-refractivity contribution < 1.29 is 0 Å². The Balaban J connectivity index is 2.85. The van der Waals surface area contributed by atoms with Crippen molar-refractivity contribution in [3.05, 3.63) is 17.3 Å². The van der Waals surface area contributed by atoms with Gasteiger partial charge in [0, 0.05) is 0 Å². The summed E-state index contributed by atoms with van der Waals surface area (Å²) in [7, 11) is 0. The minimum absolute atomic E-state index is 0.428. The molecule has 5 heteroatoms. The lowest BCUT2D eigenvalue weighted by molar-refractivity contribution is 1.24. The fourth-order valence-electron chi connectivity index (χ4n) is 0.929. The Morgan fingerprint density at radius 1 is 1.50 bits per heavy atom. The average Bonchev–Trinajstić information content (AvgIpc) is 2.49. The van der Waals surface area contributed by atoms with Gasteiger partial charge in [-0.3, -0.25) is 0 Å². The van der Waals surface area contributed by atoms with Crippen LogP contribution in [0.4, 0.5) is 5.82 Å². The fraction of sp³-hybridized carbons (Fsp3) is 0. The second-order valence-corrected chi connectivity index (χ2v) is 3.23. The summed E-state index contributed by atoms with van der Waals surface area (Å²) in [6, 6.07) is 3.74. The minimum atomic E-state index is 0.428. The van der Waals surface area contributed by atoms with Gasteiger partial charge in [0.2, 0.25) is 0 Å². The van der Waals surface area contributed by atoms with E-state index in [4.69, 9.17) is 11.0 Å². The number of aromatic nitrogens is 2. The second kappa shape index (κ2) is 2.43. The van der Waals surface area contributed by atoms with Crippen LogP contribution in [0.5, 0.6) is 0 Å². The number of fused-ring (bicyclic) bond motifs is 1. The SMILES string of the molecule is N#Cc1cc2c(N)ncnc2s1. The van der Waals surface area contributed by atoms with E-state index < -0.39 is 0 Å². The molecule has 2 aromatic rings. The van der Waals surface area contributed by atoms with E-state index in [1.807, 2.05) is 6.07 Å². The third-order valence-corrected chi connectivity index (χ3v) is 2.42. The minimum Gasteiger partial charge on any atom is -0.383 e. The first-order chi connectivity index (χ1) is 5.81. The number of anilines is 1. The maximum Gasteiger partial charge on any atom is 0.135 e. The molecule has 0 unspecified atom stereocenters. The molecule has 12 heavy (non-hydrogen) atoms. The summed E-state index contributed by atoms with van der Waals surface area (Å²) in [4.78, 5) is 9.18. The second-order valence-electron chi connectivity index (χ2n) is 2.20. The number of hydrogen-bond acceptors (Lipinski definition) is 5. The molecule has 0 spiro atoms. The molecule has 0 aromatic carbocycles. The van der Waals surface area contributed by atoms with Gasteiger partial charge in [0.25, 0.3) is 0 Å². The van der Waals surface area contributed by atoms with Crippen molar-refractivity contribution in [2.75, 3.05) is 5.73 Å². The van der Waals surface area contributed by atoms with E-state index in [-0.39, 0.29) is 0 Å². The number of hydrogen-bond donors (Lipinski definition) is 1. The fourth-order valence-corrected chi connectivity index (χ4v) is 1.73. The topological polar surface area (TPSA) is 75.6 Å². The summed E-state index contributed by atoms with van der Waals surface area (Å²) >= 11 is 1.32. The summed E-state index contributed by atoms with van der Waals surface area (Å²) in [6.07, 6.45) is 1.40. The number of thiophene rings is 1. The van der Waals surface area contributed by atoms with Crippen molar-refractivity contribution >= 4 is 27.4 Å². The van der Waals surface area contributed by atoms with Gasteiger partial charge in [-0.1, -0.05) is 0 Å². The molecule has 2 N–H and O–H groups in total. The van der Waals surface area contributed by atoms with Gasteiger partial charge in [0.15, 0.2) is 0 Å². The molecule has 2 aromatic heterocycles. The van der Waals surface area contributed by atoms with Crippen LogP contribution < -0.4 is 5.73 Å². The van der Waals surface area contributed by atoms with Crippen LogP contribution >= 0.6 is 11.3 Å². The maximum atomic E-state index is 8.60. The predicted octanol–water partition coefficient (Wildman–Crippen LogP) is 1.15. The van der Waals surface area contributed by atoms with Crippen LogP contribution in [0.1, 0.15) is 4.88 Å². The highest BCUT2D eigenvalue weighted by molar-refractivity contribution is 7.19. The lowest BCUT2D eigenvalue weighted by atomic mass is 10.3. The van der Waals surface area contributed by atoms with Gasteiger partial charge < -0.3 is 5.73 Å². The molecular formula is C7H4N4S. The lowest BCUT2D eigenvalue weighted by Gasteiger charge is -1.90. The number of nitrogen functional groups attached to an aromatic ring is 1. The first-order valence-electron chi connectivity index (χ1n) is 3.21. The highest BCUT2D eigenvalue weighted by Crippen LogP contribution is 2.25. The van der Waals surface area contributed by atoms with Gasteiger partial charge in [-0.15, -0.1) is 11.3 Å². The number of nitrogens with zero attached hydrogens (tertiary/aromatic N) is 3. The third-order valence-electron chi connectivity index (χ3n) is 1.47. The standard InChI is InChI=1S/C7H4N4S/c8-2-4-1-5-6(9)10-3-11-7(5)12-4/h1,3H,(H2,9,10,11). The van der Waals surface area contributed by atoms with Crippen LogP contribution in [0.25, 0.3) is 10.2 Å². The molecule has 0 aliphatic rings. The highest BCUT2D eigenvalue weighted by atomic mass is 32.1. The van der Waals surface area contributed by atoms with Crippen molar-refractivity contribution in [1.82, 2.24) is 9.97 Å². The lowest BCUT2D eigenvalue weighted by Crippen LogP contribution is -1.89. The molecule has 0 aliphatic carbocycles. The molecule has 0 aliphatic heterocycles. The maximum absolute atomic E-state index is 8.60. The van der Waals surface area contributed by atoms with Crippen LogP contribution in [0.2, 0.25) is 0 Å². The van der Waals surface area contributed by atoms with Crippen molar-refractivity contribution in [2.45, 2.75) is 0 Å². The van der Waals surface area contributed by atoms with E-state index in [0.29, 0.717) is 10.7 Å². The third kappa shape index (κ3) is 0.898. The summed E-state index contributed by atoms with van der Waals surface area (Å²) < 4.78 is 0. The molecule has 2 heterocycles. The molecule has 0 saturated heterocycles. The average molecular weight is 176 g/mol. The van der Waals surface area contributed by atoms with Crippen LogP contribution in [-0.2, 0) is 0 Å². The Kier molecular flexibility index (Phi) is 1.42. The Hall–Kier alpha value is -1.67. The summed E-state index contributed by atoms with van der Waals surface area (Å²) in [5.41, 5.74) is 5.57. The number of nitriles is 1. The number of nitrogens with two attached hydrogens (primary N) is 1. The van der Waals surface area contributed by atoms with Crippen LogP contribution in [0.3, 0.4) is 0 Å². The quantitative estimate of drug-likeness (QED) is 0.653. The number of rotatable bonds is 0. The molecule has 58 valence electrons. The van der Waals surface area contributed by atoms with Gasteiger partial charge in [-0.2, -0.15) is 5.26 Å². The summed E-state index contributed by atoms with van der Waals surface area (Å²) in [5.74, 6) is 0.428.